The van der Waals surface area contributed by atoms with Crippen molar-refractivity contribution in [3.8, 4) is 5.75 Å². The molecule has 1 unspecified atom stereocenters. The van der Waals surface area contributed by atoms with Crippen LogP contribution < -0.4 is 5.32 Å². The molecule has 3 rings (SSSR count). The monoisotopic (exact) mass is 322 g/mol. The lowest BCUT2D eigenvalue weighted by Gasteiger charge is -2.30. The summed E-state index contributed by atoms with van der Waals surface area (Å²) in [4.78, 5) is 16.3. The molecule has 122 valence electrons. The van der Waals surface area contributed by atoms with Crippen LogP contribution in [0, 0.1) is 0 Å². The van der Waals surface area contributed by atoms with Crippen LogP contribution in [-0.4, -0.2) is 21.2 Å². The molecule has 2 heterocycles. The zero-order valence-corrected chi connectivity index (χ0v) is 13.4. The van der Waals surface area contributed by atoms with Crippen LogP contribution in [-0.2, 0) is 4.79 Å². The number of phenolic OH excluding ortho intramolecular Hbond substituents is 1. The average molecular weight is 322 g/mol. The van der Waals surface area contributed by atoms with Gasteiger partial charge in [0.05, 0.1) is 11.3 Å². The molecule has 0 aliphatic carbocycles. The summed E-state index contributed by atoms with van der Waals surface area (Å²) in [6.07, 6.45) is 1.69. The Morgan fingerprint density at radius 1 is 1.08 bits per heavy atom. The maximum Gasteiger partial charge on any atom is 0.334 e. The predicted octanol–water partition coefficient (Wildman–Crippen LogP) is 3.26. The van der Waals surface area contributed by atoms with Gasteiger partial charge in [-0.3, -0.25) is 4.98 Å². The molecule has 1 atom stereocenters. The number of carboxylic acid groups (broad SMARTS) is 1. The average Bonchev–Trinajstić information content (AvgIpc) is 2.55. The van der Waals surface area contributed by atoms with Gasteiger partial charge < -0.3 is 15.5 Å². The van der Waals surface area contributed by atoms with Crippen LogP contribution in [0.3, 0.4) is 0 Å². The quantitative estimate of drug-likeness (QED) is 0.808. The molecule has 0 bridgehead atoms. The number of aromatic hydroxyl groups is 1. The number of nitrogens with one attached hydrogen (secondary N) is 1. The SMILES string of the molecule is CC1=C(C(=O)O)C(c2ccc(O)cc2)C(c2ccccn2)=C(C)N1. The standard InChI is InChI=1S/C19H18N2O3/c1-11-16(15-5-3-4-10-20-15)18(13-6-8-14(22)9-7-13)17(19(23)24)12(2)21-11/h3-10,18,21-22H,1-2H3,(H,23,24). The first kappa shape index (κ1) is 15.8. The van der Waals surface area contributed by atoms with E-state index in [0.717, 1.165) is 22.5 Å². The summed E-state index contributed by atoms with van der Waals surface area (Å²) in [6, 6.07) is 12.2. The first-order chi connectivity index (χ1) is 11.5. The third kappa shape index (κ3) is 2.76. The van der Waals surface area contributed by atoms with Crippen molar-refractivity contribution < 1.29 is 15.0 Å². The van der Waals surface area contributed by atoms with Crippen molar-refractivity contribution in [1.29, 1.82) is 0 Å². The number of phenols is 1. The number of dihydropyridines is 1. The number of hydrogen-bond acceptors (Lipinski definition) is 4. The van der Waals surface area contributed by atoms with Gasteiger partial charge in [-0.15, -0.1) is 0 Å². The molecule has 0 radical (unpaired) electrons. The number of carbonyl (C=O) groups is 1. The van der Waals surface area contributed by atoms with Gasteiger partial charge in [0.1, 0.15) is 5.75 Å². The summed E-state index contributed by atoms with van der Waals surface area (Å²) in [6.45, 7) is 3.68. The van der Waals surface area contributed by atoms with E-state index in [0.29, 0.717) is 5.70 Å². The second-order valence-electron chi connectivity index (χ2n) is 5.75. The Bertz CT molecular complexity index is 837. The van der Waals surface area contributed by atoms with Crippen molar-refractivity contribution >= 4 is 11.5 Å². The maximum atomic E-state index is 11.9. The van der Waals surface area contributed by atoms with E-state index in [-0.39, 0.29) is 11.3 Å². The Morgan fingerprint density at radius 2 is 1.79 bits per heavy atom. The van der Waals surface area contributed by atoms with Crippen molar-refractivity contribution in [3.63, 3.8) is 0 Å². The Hall–Kier alpha value is -3.08. The van der Waals surface area contributed by atoms with Gasteiger partial charge in [-0.1, -0.05) is 18.2 Å². The van der Waals surface area contributed by atoms with Gasteiger partial charge in [-0.2, -0.15) is 0 Å². The minimum atomic E-state index is -0.973. The molecule has 2 aromatic rings. The van der Waals surface area contributed by atoms with Crippen molar-refractivity contribution in [2.45, 2.75) is 19.8 Å². The number of aromatic nitrogens is 1. The van der Waals surface area contributed by atoms with Crippen molar-refractivity contribution in [2.24, 2.45) is 0 Å². The minimum absolute atomic E-state index is 0.144. The third-order valence-corrected chi connectivity index (χ3v) is 4.16. The van der Waals surface area contributed by atoms with E-state index in [2.05, 4.69) is 10.3 Å². The van der Waals surface area contributed by atoms with Crippen molar-refractivity contribution in [2.75, 3.05) is 0 Å². The number of pyridine rings is 1. The fraction of sp³-hybridized carbons (Fsp3) is 0.158. The van der Waals surface area contributed by atoms with Gasteiger partial charge in [0.15, 0.2) is 0 Å². The molecule has 24 heavy (non-hydrogen) atoms. The smallest absolute Gasteiger partial charge is 0.334 e. The third-order valence-electron chi connectivity index (χ3n) is 4.16. The van der Waals surface area contributed by atoms with Gasteiger partial charge in [0.25, 0.3) is 0 Å². The minimum Gasteiger partial charge on any atom is -0.508 e. The molecule has 0 fully saturated rings. The summed E-state index contributed by atoms with van der Waals surface area (Å²) in [7, 11) is 0. The lowest BCUT2D eigenvalue weighted by Crippen LogP contribution is -2.27. The topological polar surface area (TPSA) is 82.5 Å². The van der Waals surface area contributed by atoms with E-state index in [4.69, 9.17) is 0 Å². The van der Waals surface area contributed by atoms with Gasteiger partial charge in [-0.25, -0.2) is 4.79 Å². The van der Waals surface area contributed by atoms with Crippen molar-refractivity contribution in [3.05, 3.63) is 76.9 Å². The van der Waals surface area contributed by atoms with Crippen LogP contribution in [0.25, 0.3) is 5.57 Å². The number of aliphatic carboxylic acids is 1. The first-order valence-electron chi connectivity index (χ1n) is 7.61. The summed E-state index contributed by atoms with van der Waals surface area (Å²) < 4.78 is 0. The van der Waals surface area contributed by atoms with E-state index >= 15 is 0 Å². The zero-order chi connectivity index (χ0) is 17.3. The highest BCUT2D eigenvalue weighted by Crippen LogP contribution is 2.42. The molecule has 1 aliphatic heterocycles. The number of allylic oxidation sites excluding steroid dienone is 3. The molecule has 0 amide bonds. The highest BCUT2D eigenvalue weighted by atomic mass is 16.4. The molecular weight excluding hydrogens is 304 g/mol. The lowest BCUT2D eigenvalue weighted by molar-refractivity contribution is -0.132. The summed E-state index contributed by atoms with van der Waals surface area (Å²) >= 11 is 0. The molecule has 5 heteroatoms. The van der Waals surface area contributed by atoms with Crippen LogP contribution in [0.4, 0.5) is 0 Å². The van der Waals surface area contributed by atoms with E-state index in [9.17, 15) is 15.0 Å². The fourth-order valence-corrected chi connectivity index (χ4v) is 3.14. The number of carboxylic acids is 1. The van der Waals surface area contributed by atoms with E-state index in [1.54, 1.807) is 37.4 Å². The number of hydrogen-bond donors (Lipinski definition) is 3. The Kier molecular flexibility index (Phi) is 4.08. The zero-order valence-electron chi connectivity index (χ0n) is 13.4. The van der Waals surface area contributed by atoms with Gasteiger partial charge >= 0.3 is 5.97 Å². The van der Waals surface area contributed by atoms with E-state index < -0.39 is 11.9 Å². The Balaban J connectivity index is 2.23. The maximum absolute atomic E-state index is 11.9. The number of rotatable bonds is 3. The Labute approximate surface area is 140 Å². The second-order valence-corrected chi connectivity index (χ2v) is 5.75. The molecular formula is C19H18N2O3. The molecule has 1 aromatic heterocycles. The van der Waals surface area contributed by atoms with Crippen LogP contribution in [0.1, 0.15) is 31.0 Å². The summed E-state index contributed by atoms with van der Waals surface area (Å²) in [5, 5.41) is 22.5. The largest absolute Gasteiger partial charge is 0.508 e. The van der Waals surface area contributed by atoms with Crippen molar-refractivity contribution in [1.82, 2.24) is 10.3 Å². The van der Waals surface area contributed by atoms with Gasteiger partial charge in [0.2, 0.25) is 0 Å². The Morgan fingerprint density at radius 3 is 2.38 bits per heavy atom. The van der Waals surface area contributed by atoms with E-state index in [1.807, 2.05) is 25.1 Å². The summed E-state index contributed by atoms with van der Waals surface area (Å²) in [5.41, 5.74) is 4.11. The van der Waals surface area contributed by atoms with Crippen LogP contribution >= 0.6 is 0 Å². The van der Waals surface area contributed by atoms with Crippen LogP contribution in [0.2, 0.25) is 0 Å². The summed E-state index contributed by atoms with van der Waals surface area (Å²) in [5.74, 6) is -1.29. The molecule has 5 nitrogen and oxygen atoms in total. The first-order valence-corrected chi connectivity index (χ1v) is 7.61. The van der Waals surface area contributed by atoms with Crippen LogP contribution in [0.15, 0.2) is 65.6 Å². The molecule has 0 saturated heterocycles. The molecule has 1 aliphatic rings. The predicted molar refractivity (Wildman–Crippen MR) is 91.2 cm³/mol. The highest BCUT2D eigenvalue weighted by molar-refractivity contribution is 5.96. The second kappa shape index (κ2) is 6.20. The molecule has 0 spiro atoms. The highest BCUT2D eigenvalue weighted by Gasteiger charge is 2.34. The van der Waals surface area contributed by atoms with Crippen LogP contribution in [0.5, 0.6) is 5.75 Å². The van der Waals surface area contributed by atoms with Gasteiger partial charge in [-0.05, 0) is 43.7 Å². The molecule has 3 N–H and O–H groups in total. The number of benzene rings is 1. The lowest BCUT2D eigenvalue weighted by atomic mass is 9.79. The number of nitrogens with zero attached hydrogens (tertiary/aromatic N) is 1. The fourth-order valence-electron chi connectivity index (χ4n) is 3.14. The van der Waals surface area contributed by atoms with E-state index in [1.165, 1.54) is 0 Å². The molecule has 0 saturated carbocycles. The van der Waals surface area contributed by atoms with Gasteiger partial charge in [0, 0.05) is 29.1 Å². The molecule has 1 aromatic carbocycles. The normalized spacial score (nSPS) is 17.7.